The highest BCUT2D eigenvalue weighted by Crippen LogP contribution is 2.29. The lowest BCUT2D eigenvalue weighted by Gasteiger charge is -2.18. The Kier molecular flexibility index (Phi) is 4.10. The molecule has 0 bridgehead atoms. The van der Waals surface area contributed by atoms with Crippen LogP contribution in [0, 0.1) is 0 Å². The summed E-state index contributed by atoms with van der Waals surface area (Å²) in [5, 5.41) is 5.03. The summed E-state index contributed by atoms with van der Waals surface area (Å²) in [5.41, 5.74) is 8.26. The maximum Gasteiger partial charge on any atom is 0.0742 e. The highest BCUT2D eigenvalue weighted by atomic mass is 79.9. The van der Waals surface area contributed by atoms with E-state index in [1.54, 1.807) is 6.20 Å². The molecule has 0 aliphatic carbocycles. The smallest absolute Gasteiger partial charge is 0.0742 e. The number of nitrogens with zero attached hydrogens (tertiary/aromatic N) is 2. The van der Waals surface area contributed by atoms with Gasteiger partial charge in [0.05, 0.1) is 22.4 Å². The van der Waals surface area contributed by atoms with E-state index in [0.717, 1.165) is 15.7 Å². The van der Waals surface area contributed by atoms with Gasteiger partial charge in [0.1, 0.15) is 0 Å². The van der Waals surface area contributed by atoms with E-state index < -0.39 is 0 Å². The van der Waals surface area contributed by atoms with Crippen LogP contribution in [-0.4, -0.2) is 9.78 Å². The van der Waals surface area contributed by atoms with Gasteiger partial charge in [-0.15, -0.1) is 0 Å². The van der Waals surface area contributed by atoms with E-state index in [-0.39, 0.29) is 12.1 Å². The van der Waals surface area contributed by atoms with Gasteiger partial charge in [-0.2, -0.15) is 5.10 Å². The zero-order valence-corrected chi connectivity index (χ0v) is 12.6. The molecule has 0 saturated heterocycles. The van der Waals surface area contributed by atoms with Crippen LogP contribution in [0.5, 0.6) is 0 Å². The number of aromatic nitrogens is 2. The van der Waals surface area contributed by atoms with Gasteiger partial charge in [0.2, 0.25) is 0 Å². The monoisotopic (exact) mass is 327 g/mol. The Labute approximate surface area is 120 Å². The van der Waals surface area contributed by atoms with E-state index in [9.17, 15) is 0 Å². The number of hydrogen-bond acceptors (Lipinski definition) is 2. The van der Waals surface area contributed by atoms with Crippen molar-refractivity contribution >= 4 is 27.5 Å². The van der Waals surface area contributed by atoms with Crippen molar-refractivity contribution in [1.82, 2.24) is 9.78 Å². The van der Waals surface area contributed by atoms with Crippen molar-refractivity contribution in [3.05, 3.63) is 51.2 Å². The fourth-order valence-electron chi connectivity index (χ4n) is 1.91. The molecule has 0 radical (unpaired) electrons. The Bertz CT molecular complexity index is 551. The lowest BCUT2D eigenvalue weighted by molar-refractivity contribution is 0.498. The van der Waals surface area contributed by atoms with Gasteiger partial charge in [0, 0.05) is 11.1 Å². The van der Waals surface area contributed by atoms with E-state index in [2.05, 4.69) is 34.9 Å². The van der Waals surface area contributed by atoms with Gasteiger partial charge in [0.25, 0.3) is 0 Å². The fraction of sp³-hybridized carbons (Fsp3) is 0.308. The van der Waals surface area contributed by atoms with Gasteiger partial charge in [-0.3, -0.25) is 4.68 Å². The summed E-state index contributed by atoms with van der Waals surface area (Å²) in [7, 11) is 0. The zero-order valence-electron chi connectivity index (χ0n) is 10.3. The van der Waals surface area contributed by atoms with E-state index in [1.807, 2.05) is 28.9 Å². The minimum atomic E-state index is -0.247. The summed E-state index contributed by atoms with van der Waals surface area (Å²) in [6.45, 7) is 4.15. The number of rotatable bonds is 3. The predicted molar refractivity (Wildman–Crippen MR) is 77.8 cm³/mol. The maximum absolute atomic E-state index is 6.32. The van der Waals surface area contributed by atoms with E-state index in [0.29, 0.717) is 5.02 Å². The van der Waals surface area contributed by atoms with E-state index in [1.165, 1.54) is 0 Å². The molecular weight excluding hydrogens is 314 g/mol. The largest absolute Gasteiger partial charge is 0.319 e. The molecule has 0 aliphatic rings. The van der Waals surface area contributed by atoms with Crippen molar-refractivity contribution in [2.45, 2.75) is 25.9 Å². The highest BCUT2D eigenvalue weighted by Gasteiger charge is 2.19. The van der Waals surface area contributed by atoms with Crippen molar-refractivity contribution in [2.24, 2.45) is 5.73 Å². The summed E-state index contributed by atoms with van der Waals surface area (Å²) in [5.74, 6) is 0. The van der Waals surface area contributed by atoms with Gasteiger partial charge in [-0.25, -0.2) is 0 Å². The van der Waals surface area contributed by atoms with Crippen LogP contribution in [0.15, 0.2) is 34.9 Å². The molecule has 1 atom stereocenters. The molecule has 1 unspecified atom stereocenters. The fourth-order valence-corrected chi connectivity index (χ4v) is 2.63. The lowest BCUT2D eigenvalue weighted by atomic mass is 10.0. The van der Waals surface area contributed by atoms with Gasteiger partial charge in [-0.1, -0.05) is 23.7 Å². The quantitative estimate of drug-likeness (QED) is 0.928. The molecule has 0 aliphatic heterocycles. The van der Waals surface area contributed by atoms with Crippen LogP contribution in [0.4, 0.5) is 0 Å². The standard InChI is InChI=1S/C13H15BrClN3/c1-8(2)18-13(11(14)7-17-18)12(16)9-4-3-5-10(15)6-9/h3-8,12H,16H2,1-2H3. The first kappa shape index (κ1) is 13.6. The molecular formula is C13H15BrClN3. The number of benzene rings is 1. The van der Waals surface area contributed by atoms with Crippen molar-refractivity contribution in [1.29, 1.82) is 0 Å². The third-order valence-corrected chi connectivity index (χ3v) is 3.62. The molecule has 1 aromatic carbocycles. The summed E-state index contributed by atoms with van der Waals surface area (Å²) in [4.78, 5) is 0. The Morgan fingerprint density at radius 2 is 2.11 bits per heavy atom. The topological polar surface area (TPSA) is 43.8 Å². The SMILES string of the molecule is CC(C)n1ncc(Br)c1C(N)c1cccc(Cl)c1. The third kappa shape index (κ3) is 2.60. The van der Waals surface area contributed by atoms with Crippen LogP contribution in [0.3, 0.4) is 0 Å². The number of nitrogens with two attached hydrogens (primary N) is 1. The Balaban J connectivity index is 2.45. The molecule has 0 fully saturated rings. The molecule has 96 valence electrons. The molecule has 0 saturated carbocycles. The van der Waals surface area contributed by atoms with Gasteiger partial charge in [0.15, 0.2) is 0 Å². The second kappa shape index (κ2) is 5.43. The molecule has 0 spiro atoms. The molecule has 0 amide bonds. The molecule has 1 heterocycles. The molecule has 5 heteroatoms. The average Bonchev–Trinajstić information content (AvgIpc) is 2.70. The molecule has 1 aromatic heterocycles. The summed E-state index contributed by atoms with van der Waals surface area (Å²) in [6.07, 6.45) is 1.78. The van der Waals surface area contributed by atoms with Crippen molar-refractivity contribution in [3.63, 3.8) is 0 Å². The number of hydrogen-bond donors (Lipinski definition) is 1. The lowest BCUT2D eigenvalue weighted by Crippen LogP contribution is -2.19. The minimum Gasteiger partial charge on any atom is -0.319 e. The van der Waals surface area contributed by atoms with Crippen LogP contribution < -0.4 is 5.73 Å². The highest BCUT2D eigenvalue weighted by molar-refractivity contribution is 9.10. The van der Waals surface area contributed by atoms with Gasteiger partial charge < -0.3 is 5.73 Å². The zero-order chi connectivity index (χ0) is 13.3. The first-order chi connectivity index (χ1) is 8.50. The second-order valence-electron chi connectivity index (χ2n) is 4.45. The van der Waals surface area contributed by atoms with Crippen molar-refractivity contribution < 1.29 is 0 Å². The summed E-state index contributed by atoms with van der Waals surface area (Å²) < 4.78 is 2.85. The van der Waals surface area contributed by atoms with Crippen LogP contribution in [0.1, 0.15) is 37.2 Å². The Hall–Kier alpha value is -0.840. The molecule has 3 nitrogen and oxygen atoms in total. The van der Waals surface area contributed by atoms with E-state index >= 15 is 0 Å². The summed E-state index contributed by atoms with van der Waals surface area (Å²) >= 11 is 9.51. The Morgan fingerprint density at radius 3 is 2.72 bits per heavy atom. The number of halogens is 2. The van der Waals surface area contributed by atoms with Crippen LogP contribution in [-0.2, 0) is 0 Å². The Morgan fingerprint density at radius 1 is 1.39 bits per heavy atom. The summed E-state index contributed by atoms with van der Waals surface area (Å²) in [6, 6.07) is 7.62. The predicted octanol–water partition coefficient (Wildman–Crippen LogP) is 3.93. The van der Waals surface area contributed by atoms with Gasteiger partial charge >= 0.3 is 0 Å². The first-order valence-corrected chi connectivity index (χ1v) is 6.91. The van der Waals surface area contributed by atoms with Crippen LogP contribution in [0.2, 0.25) is 5.02 Å². The average molecular weight is 329 g/mol. The normalized spacial score (nSPS) is 13.0. The van der Waals surface area contributed by atoms with Crippen molar-refractivity contribution in [2.75, 3.05) is 0 Å². The van der Waals surface area contributed by atoms with Crippen LogP contribution in [0.25, 0.3) is 0 Å². The third-order valence-electron chi connectivity index (χ3n) is 2.78. The second-order valence-corrected chi connectivity index (χ2v) is 5.74. The molecule has 2 aromatic rings. The minimum absolute atomic E-state index is 0.247. The maximum atomic E-state index is 6.32. The molecule has 2 N–H and O–H groups in total. The molecule has 2 rings (SSSR count). The van der Waals surface area contributed by atoms with Crippen molar-refractivity contribution in [3.8, 4) is 0 Å². The first-order valence-electron chi connectivity index (χ1n) is 5.74. The van der Waals surface area contributed by atoms with Crippen LogP contribution >= 0.6 is 27.5 Å². The van der Waals surface area contributed by atoms with Gasteiger partial charge in [-0.05, 0) is 47.5 Å². The van der Waals surface area contributed by atoms with E-state index in [4.69, 9.17) is 17.3 Å². The molecule has 18 heavy (non-hydrogen) atoms.